The molecular weight excluding hydrogens is 442 g/mol. The Morgan fingerprint density at radius 2 is 1.94 bits per heavy atom. The van der Waals surface area contributed by atoms with E-state index in [1.165, 1.54) is 18.5 Å². The Balaban J connectivity index is 1.54. The number of carboxylic acid groups (broad SMARTS) is 1. The van der Waals surface area contributed by atoms with Gasteiger partial charge in [-0.1, -0.05) is 6.07 Å². The van der Waals surface area contributed by atoms with Crippen LogP contribution in [-0.2, 0) is 6.54 Å². The summed E-state index contributed by atoms with van der Waals surface area (Å²) in [6.07, 6.45) is 1.40. The second-order valence-electron chi connectivity index (χ2n) is 7.85. The number of hydrogen-bond acceptors (Lipinski definition) is 5. The number of anilines is 1. The van der Waals surface area contributed by atoms with E-state index in [0.29, 0.717) is 47.7 Å². The molecule has 0 fully saturated rings. The molecule has 7 nitrogen and oxygen atoms in total. The van der Waals surface area contributed by atoms with Crippen molar-refractivity contribution in [3.63, 3.8) is 0 Å². The number of benzene rings is 2. The predicted molar refractivity (Wildman–Crippen MR) is 125 cm³/mol. The molecule has 0 radical (unpaired) electrons. The second kappa shape index (κ2) is 9.46. The molecule has 2 aromatic carbocycles. The molecule has 176 valence electrons. The molecule has 34 heavy (non-hydrogen) atoms. The van der Waals surface area contributed by atoms with Crippen molar-refractivity contribution >= 4 is 22.7 Å². The van der Waals surface area contributed by atoms with Crippen molar-refractivity contribution in [2.75, 3.05) is 18.5 Å². The molecule has 9 heteroatoms. The van der Waals surface area contributed by atoms with Gasteiger partial charge >= 0.3 is 5.97 Å². The Labute approximate surface area is 195 Å². The molecule has 4 aromatic rings. The Morgan fingerprint density at radius 1 is 1.15 bits per heavy atom. The van der Waals surface area contributed by atoms with E-state index in [0.717, 1.165) is 5.69 Å². The molecule has 2 aromatic heterocycles. The van der Waals surface area contributed by atoms with E-state index < -0.39 is 17.6 Å². The molecule has 0 saturated carbocycles. The molecule has 0 bridgehead atoms. The molecule has 0 aliphatic carbocycles. The molecule has 0 aliphatic heterocycles. The minimum atomic E-state index is -1.07. The van der Waals surface area contributed by atoms with Gasteiger partial charge in [-0.05, 0) is 50.6 Å². The van der Waals surface area contributed by atoms with Crippen molar-refractivity contribution in [2.45, 2.75) is 27.3 Å². The number of rotatable bonds is 8. The first-order valence-electron chi connectivity index (χ1n) is 10.8. The molecule has 2 N–H and O–H groups in total. The Bertz CT molecular complexity index is 1380. The third-order valence-electron chi connectivity index (χ3n) is 5.61. The standard InChI is InChI=1S/C25H24F2N4O3/c1-4-34-21-11-16(5-6-17(21)25(32)33)20-12-22(30-13-29-20)28-7-8-31-15(3)10-18-14(2)9-19(26)23(27)24(18)31/h5-6,9-13H,4,7-8H2,1-3H3,(H,32,33)(H,28,29,30). The van der Waals surface area contributed by atoms with Crippen LogP contribution in [0.3, 0.4) is 0 Å². The average molecular weight is 466 g/mol. The van der Waals surface area contributed by atoms with Gasteiger partial charge in [0, 0.05) is 35.8 Å². The summed E-state index contributed by atoms with van der Waals surface area (Å²) in [5.74, 6) is -1.98. The molecule has 0 amide bonds. The average Bonchev–Trinajstić information content (AvgIpc) is 3.14. The van der Waals surface area contributed by atoms with Gasteiger partial charge in [-0.2, -0.15) is 0 Å². The number of aryl methyl sites for hydroxylation is 2. The smallest absolute Gasteiger partial charge is 0.339 e. The molecule has 4 rings (SSSR count). The fourth-order valence-electron chi connectivity index (χ4n) is 3.99. The van der Waals surface area contributed by atoms with E-state index in [4.69, 9.17) is 4.74 Å². The monoisotopic (exact) mass is 466 g/mol. The van der Waals surface area contributed by atoms with Gasteiger partial charge < -0.3 is 19.7 Å². The van der Waals surface area contributed by atoms with Crippen LogP contribution in [0.15, 0.2) is 42.7 Å². The van der Waals surface area contributed by atoms with Gasteiger partial charge in [0.05, 0.1) is 17.8 Å². The molecule has 0 atom stereocenters. The maximum absolute atomic E-state index is 14.5. The zero-order valence-corrected chi connectivity index (χ0v) is 19.0. The third kappa shape index (κ3) is 4.41. The highest BCUT2D eigenvalue weighted by Gasteiger charge is 2.17. The van der Waals surface area contributed by atoms with Crippen LogP contribution in [0.25, 0.3) is 22.2 Å². The van der Waals surface area contributed by atoms with Gasteiger partial charge in [-0.3, -0.25) is 0 Å². The van der Waals surface area contributed by atoms with Gasteiger partial charge in [-0.15, -0.1) is 0 Å². The number of fused-ring (bicyclic) bond motifs is 1. The molecule has 0 spiro atoms. The maximum atomic E-state index is 14.5. The number of halogens is 2. The van der Waals surface area contributed by atoms with Gasteiger partial charge in [0.1, 0.15) is 23.5 Å². The summed E-state index contributed by atoms with van der Waals surface area (Å²) in [4.78, 5) is 19.9. The van der Waals surface area contributed by atoms with E-state index >= 15 is 0 Å². The van der Waals surface area contributed by atoms with Crippen LogP contribution in [0.2, 0.25) is 0 Å². The Hall–Kier alpha value is -4.01. The first-order chi connectivity index (χ1) is 16.3. The van der Waals surface area contributed by atoms with Crippen molar-refractivity contribution in [3.05, 3.63) is 71.2 Å². The zero-order chi connectivity index (χ0) is 24.4. The lowest BCUT2D eigenvalue weighted by Gasteiger charge is -2.12. The number of nitrogens with zero attached hydrogens (tertiary/aromatic N) is 3. The van der Waals surface area contributed by atoms with Gasteiger partial charge in [-0.25, -0.2) is 23.5 Å². The van der Waals surface area contributed by atoms with Crippen LogP contribution in [0.4, 0.5) is 14.6 Å². The van der Waals surface area contributed by atoms with Crippen LogP contribution in [0, 0.1) is 25.5 Å². The zero-order valence-electron chi connectivity index (χ0n) is 19.0. The summed E-state index contributed by atoms with van der Waals surface area (Å²) < 4.78 is 35.7. The second-order valence-corrected chi connectivity index (χ2v) is 7.85. The third-order valence-corrected chi connectivity index (χ3v) is 5.61. The number of nitrogens with one attached hydrogen (secondary N) is 1. The lowest BCUT2D eigenvalue weighted by Crippen LogP contribution is -2.13. The minimum absolute atomic E-state index is 0.0752. The molecule has 2 heterocycles. The highest BCUT2D eigenvalue weighted by Crippen LogP contribution is 2.29. The van der Waals surface area contributed by atoms with E-state index in [-0.39, 0.29) is 16.8 Å². The summed E-state index contributed by atoms with van der Waals surface area (Å²) in [6, 6.07) is 9.57. The van der Waals surface area contributed by atoms with Crippen molar-refractivity contribution in [2.24, 2.45) is 0 Å². The highest BCUT2D eigenvalue weighted by atomic mass is 19.2. The topological polar surface area (TPSA) is 89.3 Å². The molecular formula is C25H24F2N4O3. The number of hydrogen-bond donors (Lipinski definition) is 2. The molecule has 0 saturated heterocycles. The van der Waals surface area contributed by atoms with E-state index in [1.807, 2.05) is 13.0 Å². The van der Waals surface area contributed by atoms with Crippen LogP contribution in [0.1, 0.15) is 28.5 Å². The maximum Gasteiger partial charge on any atom is 0.339 e. The normalized spacial score (nSPS) is 11.1. The minimum Gasteiger partial charge on any atom is -0.493 e. The lowest BCUT2D eigenvalue weighted by atomic mass is 10.1. The summed E-state index contributed by atoms with van der Waals surface area (Å²) in [5, 5.41) is 13.2. The number of aromatic nitrogens is 3. The van der Waals surface area contributed by atoms with Crippen LogP contribution >= 0.6 is 0 Å². The predicted octanol–water partition coefficient (Wildman–Crippen LogP) is 5.20. The van der Waals surface area contributed by atoms with E-state index in [1.54, 1.807) is 36.6 Å². The summed E-state index contributed by atoms with van der Waals surface area (Å²) in [5.41, 5.74) is 3.11. The fraction of sp³-hybridized carbons (Fsp3) is 0.240. The first kappa shape index (κ1) is 23.2. The number of carboxylic acids is 1. The summed E-state index contributed by atoms with van der Waals surface area (Å²) in [6.45, 7) is 6.54. The quantitative estimate of drug-likeness (QED) is 0.371. The fourth-order valence-corrected chi connectivity index (χ4v) is 3.99. The van der Waals surface area contributed by atoms with Gasteiger partial charge in [0.25, 0.3) is 0 Å². The highest BCUT2D eigenvalue weighted by molar-refractivity contribution is 5.92. The largest absolute Gasteiger partial charge is 0.493 e. The number of ether oxygens (including phenoxy) is 1. The Kier molecular flexibility index (Phi) is 6.45. The van der Waals surface area contributed by atoms with Crippen LogP contribution in [-0.4, -0.2) is 38.8 Å². The van der Waals surface area contributed by atoms with Gasteiger partial charge in [0.2, 0.25) is 0 Å². The molecule has 0 aliphatic rings. The summed E-state index contributed by atoms with van der Waals surface area (Å²) in [7, 11) is 0. The Morgan fingerprint density at radius 3 is 2.68 bits per heavy atom. The van der Waals surface area contributed by atoms with Crippen molar-refractivity contribution in [1.29, 1.82) is 0 Å². The number of aromatic carboxylic acids is 1. The summed E-state index contributed by atoms with van der Waals surface area (Å²) >= 11 is 0. The SMILES string of the molecule is CCOc1cc(-c2cc(NCCn3c(C)cc4c(C)cc(F)c(F)c43)ncn2)ccc1C(=O)O. The first-order valence-corrected chi connectivity index (χ1v) is 10.8. The lowest BCUT2D eigenvalue weighted by molar-refractivity contribution is 0.0692. The van der Waals surface area contributed by atoms with Crippen molar-refractivity contribution in [3.8, 4) is 17.0 Å². The van der Waals surface area contributed by atoms with E-state index in [9.17, 15) is 18.7 Å². The van der Waals surface area contributed by atoms with Crippen LogP contribution in [0.5, 0.6) is 5.75 Å². The van der Waals surface area contributed by atoms with Gasteiger partial charge in [0.15, 0.2) is 11.6 Å². The van der Waals surface area contributed by atoms with Crippen molar-refractivity contribution < 1.29 is 23.4 Å². The van der Waals surface area contributed by atoms with Crippen LogP contribution < -0.4 is 10.1 Å². The number of carbonyl (C=O) groups is 1. The van der Waals surface area contributed by atoms with E-state index in [2.05, 4.69) is 15.3 Å². The molecule has 0 unspecified atom stereocenters. The van der Waals surface area contributed by atoms with Crippen molar-refractivity contribution in [1.82, 2.24) is 14.5 Å².